The number of methoxy groups -OCH3 is 1. The zero-order valence-corrected chi connectivity index (χ0v) is 20.7. The van der Waals surface area contributed by atoms with Crippen molar-refractivity contribution in [1.29, 1.82) is 0 Å². The number of nitrogens with one attached hydrogen (secondary N) is 1. The minimum Gasteiger partial charge on any atom is -0.384 e. The summed E-state index contributed by atoms with van der Waals surface area (Å²) in [6, 6.07) is 16.1. The molecular formula is C26H33N5O2S. The van der Waals surface area contributed by atoms with Crippen molar-refractivity contribution in [2.45, 2.75) is 50.5 Å². The molecule has 2 heterocycles. The number of para-hydroxylation sites is 1. The van der Waals surface area contributed by atoms with E-state index in [1.807, 2.05) is 30.3 Å². The molecule has 0 radical (unpaired) electrons. The Balaban J connectivity index is 1.43. The number of pyridine rings is 1. The molecule has 1 unspecified atom stereocenters. The Bertz CT molecular complexity index is 1270. The van der Waals surface area contributed by atoms with Crippen LogP contribution < -0.4 is 10.5 Å². The number of rotatable bonds is 12. The van der Waals surface area contributed by atoms with E-state index in [-0.39, 0.29) is 0 Å². The number of fused-ring (bicyclic) bond motifs is 3. The molecular weight excluding hydrogens is 446 g/mol. The maximum atomic E-state index is 12.6. The summed E-state index contributed by atoms with van der Waals surface area (Å²) in [5.41, 5.74) is 10.2. The van der Waals surface area contributed by atoms with E-state index in [0.717, 1.165) is 64.9 Å². The van der Waals surface area contributed by atoms with Crippen LogP contribution >= 0.6 is 0 Å². The third kappa shape index (κ3) is 5.46. The Morgan fingerprint density at radius 1 is 1.06 bits per heavy atom. The molecule has 0 spiro atoms. The third-order valence-corrected chi connectivity index (χ3v) is 7.10. The summed E-state index contributed by atoms with van der Waals surface area (Å²) in [6.07, 6.45) is 4.67. The third-order valence-electron chi connectivity index (χ3n) is 5.94. The lowest BCUT2D eigenvalue weighted by atomic mass is 10.1. The van der Waals surface area contributed by atoms with E-state index in [2.05, 4.69) is 39.4 Å². The molecule has 0 amide bonds. The zero-order valence-electron chi connectivity index (χ0n) is 19.9. The van der Waals surface area contributed by atoms with Gasteiger partial charge in [0.2, 0.25) is 0 Å². The number of ether oxygens (including phenoxy) is 1. The molecule has 3 N–H and O–H groups in total. The summed E-state index contributed by atoms with van der Waals surface area (Å²) in [5.74, 6) is 1.40. The fourth-order valence-corrected chi connectivity index (χ4v) is 5.12. The fraction of sp³-hybridized carbons (Fsp3) is 0.385. The van der Waals surface area contributed by atoms with E-state index < -0.39 is 11.0 Å². The topological polar surface area (TPSA) is 95.1 Å². The maximum Gasteiger partial charge on any atom is 0.152 e. The molecule has 0 fully saturated rings. The van der Waals surface area contributed by atoms with E-state index in [1.165, 1.54) is 5.56 Å². The van der Waals surface area contributed by atoms with Crippen LogP contribution in [0.4, 0.5) is 5.82 Å². The van der Waals surface area contributed by atoms with Crippen molar-refractivity contribution in [2.24, 2.45) is 0 Å². The predicted octanol–water partition coefficient (Wildman–Crippen LogP) is 4.40. The van der Waals surface area contributed by atoms with Gasteiger partial charge in [0.25, 0.3) is 0 Å². The van der Waals surface area contributed by atoms with Crippen molar-refractivity contribution in [3.63, 3.8) is 0 Å². The lowest BCUT2D eigenvalue weighted by Gasteiger charge is -2.11. The van der Waals surface area contributed by atoms with E-state index in [9.17, 15) is 4.21 Å². The van der Waals surface area contributed by atoms with Crippen molar-refractivity contribution < 1.29 is 8.95 Å². The molecule has 0 saturated heterocycles. The number of unbranched alkanes of at least 4 members (excludes halogenated alkanes) is 1. The van der Waals surface area contributed by atoms with Crippen molar-refractivity contribution in [3.8, 4) is 0 Å². The van der Waals surface area contributed by atoms with Gasteiger partial charge in [0.1, 0.15) is 22.3 Å². The Morgan fingerprint density at radius 2 is 1.85 bits per heavy atom. The monoisotopic (exact) mass is 479 g/mol. The highest BCUT2D eigenvalue weighted by Crippen LogP contribution is 2.29. The molecule has 34 heavy (non-hydrogen) atoms. The molecule has 8 heteroatoms. The van der Waals surface area contributed by atoms with Gasteiger partial charge in [-0.3, -0.25) is 0 Å². The summed E-state index contributed by atoms with van der Waals surface area (Å²) < 4.78 is 23.3. The molecule has 0 bridgehead atoms. The number of aromatic nitrogens is 3. The molecule has 2 aromatic carbocycles. The molecule has 180 valence electrons. The average Bonchev–Trinajstić information content (AvgIpc) is 3.22. The first-order valence-corrected chi connectivity index (χ1v) is 13.0. The van der Waals surface area contributed by atoms with Crippen molar-refractivity contribution in [3.05, 3.63) is 59.9 Å². The number of hydrogen-bond acceptors (Lipinski definition) is 5. The van der Waals surface area contributed by atoms with Crippen LogP contribution in [0.1, 0.15) is 37.6 Å². The molecule has 7 nitrogen and oxygen atoms in total. The molecule has 0 aliphatic rings. The number of nitrogens with two attached hydrogens (primary N) is 1. The molecule has 0 aliphatic heterocycles. The first-order valence-electron chi connectivity index (χ1n) is 11.9. The molecule has 1 atom stereocenters. The van der Waals surface area contributed by atoms with Crippen molar-refractivity contribution in [1.82, 2.24) is 19.3 Å². The molecule has 0 aliphatic carbocycles. The van der Waals surface area contributed by atoms with Gasteiger partial charge in [-0.15, -0.1) is 0 Å². The quantitative estimate of drug-likeness (QED) is 0.294. The summed E-state index contributed by atoms with van der Waals surface area (Å²) in [6.45, 7) is 4.22. The number of anilines is 1. The predicted molar refractivity (Wildman–Crippen MR) is 139 cm³/mol. The van der Waals surface area contributed by atoms with Crippen molar-refractivity contribution >= 4 is 38.7 Å². The minimum atomic E-state index is -1.20. The fourth-order valence-electron chi connectivity index (χ4n) is 4.24. The highest BCUT2D eigenvalue weighted by atomic mass is 32.2. The highest BCUT2D eigenvalue weighted by Gasteiger charge is 2.17. The number of aryl methyl sites for hydroxylation is 2. The Kier molecular flexibility index (Phi) is 8.26. The maximum absolute atomic E-state index is 12.6. The van der Waals surface area contributed by atoms with Gasteiger partial charge in [-0.2, -0.15) is 0 Å². The van der Waals surface area contributed by atoms with Gasteiger partial charge in [0.15, 0.2) is 5.82 Å². The van der Waals surface area contributed by atoms with Crippen LogP contribution in [0.15, 0.2) is 53.4 Å². The normalized spacial score (nSPS) is 12.5. The number of nitrogen functional groups attached to an aromatic ring is 1. The van der Waals surface area contributed by atoms with Gasteiger partial charge < -0.3 is 15.0 Å². The first kappa shape index (κ1) is 24.3. The summed E-state index contributed by atoms with van der Waals surface area (Å²) in [5, 5.41) is 1.05. The van der Waals surface area contributed by atoms with Crippen LogP contribution in [0.3, 0.4) is 0 Å². The Morgan fingerprint density at radius 3 is 2.62 bits per heavy atom. The standard InChI is InChI=1S/C26H33N5O2S/c1-3-8-19-11-13-20(14-12-19)34(32)28-16-6-7-17-31-23(15-18-33-2)30-24-25(31)21-9-4-5-10-22(21)29-26(24)27/h4-5,9-14,28H,3,6-8,15-18H2,1-2H3,(H2,27,29). The summed E-state index contributed by atoms with van der Waals surface area (Å²) >= 11 is 0. The van der Waals surface area contributed by atoms with Gasteiger partial charge in [0.05, 0.1) is 22.5 Å². The Hall–Kier alpha value is -2.81. The lowest BCUT2D eigenvalue weighted by Crippen LogP contribution is -2.19. The largest absolute Gasteiger partial charge is 0.384 e. The summed E-state index contributed by atoms with van der Waals surface area (Å²) in [4.78, 5) is 10.2. The molecule has 4 aromatic rings. The Labute approximate surface area is 203 Å². The van der Waals surface area contributed by atoms with Crippen LogP contribution in [0.5, 0.6) is 0 Å². The second-order valence-corrected chi connectivity index (χ2v) is 9.70. The summed E-state index contributed by atoms with van der Waals surface area (Å²) in [7, 11) is 0.497. The lowest BCUT2D eigenvalue weighted by molar-refractivity contribution is 0.199. The molecule has 4 rings (SSSR count). The average molecular weight is 480 g/mol. The van der Waals surface area contributed by atoms with Gasteiger partial charge >= 0.3 is 0 Å². The first-order chi connectivity index (χ1) is 16.6. The van der Waals surface area contributed by atoms with E-state index in [1.54, 1.807) is 7.11 Å². The number of nitrogens with zero attached hydrogens (tertiary/aromatic N) is 3. The number of hydrogen-bond donors (Lipinski definition) is 2. The van der Waals surface area contributed by atoms with E-state index >= 15 is 0 Å². The van der Waals surface area contributed by atoms with Gasteiger partial charge in [0, 0.05) is 32.0 Å². The van der Waals surface area contributed by atoms with Crippen LogP contribution in [0.2, 0.25) is 0 Å². The van der Waals surface area contributed by atoms with Crippen LogP contribution in [0.25, 0.3) is 21.9 Å². The van der Waals surface area contributed by atoms with E-state index in [4.69, 9.17) is 15.5 Å². The smallest absolute Gasteiger partial charge is 0.152 e. The van der Waals surface area contributed by atoms with Crippen LogP contribution in [-0.2, 0) is 35.1 Å². The van der Waals surface area contributed by atoms with Crippen molar-refractivity contribution in [2.75, 3.05) is 26.0 Å². The number of benzene rings is 2. The SMILES string of the molecule is CCCc1ccc(S(=O)NCCCCn2c(CCOC)nc3c(N)nc4ccccc4c32)cc1. The molecule has 2 aromatic heterocycles. The van der Waals surface area contributed by atoms with E-state index in [0.29, 0.717) is 25.4 Å². The minimum absolute atomic E-state index is 0.452. The van der Waals surface area contributed by atoms with Gasteiger partial charge in [-0.1, -0.05) is 43.7 Å². The second-order valence-electron chi connectivity index (χ2n) is 8.40. The van der Waals surface area contributed by atoms with Crippen LogP contribution in [-0.4, -0.2) is 39.0 Å². The molecule has 0 saturated carbocycles. The zero-order chi connectivity index (χ0) is 23.9. The number of imidazole rings is 1. The second kappa shape index (κ2) is 11.6. The highest BCUT2D eigenvalue weighted by molar-refractivity contribution is 7.83. The van der Waals surface area contributed by atoms with Crippen LogP contribution in [0, 0.1) is 0 Å². The van der Waals surface area contributed by atoms with Gasteiger partial charge in [-0.05, 0) is 43.0 Å². The van der Waals surface area contributed by atoms with Gasteiger partial charge in [-0.25, -0.2) is 18.9 Å².